The predicted octanol–water partition coefficient (Wildman–Crippen LogP) is 14.7. The quantitative estimate of drug-likeness (QED) is 0.142. The van der Waals surface area contributed by atoms with Crippen LogP contribution in [0.2, 0.25) is 0 Å². The fourth-order valence-electron chi connectivity index (χ4n) is 9.54. The van der Waals surface area contributed by atoms with Crippen molar-refractivity contribution in [3.63, 3.8) is 0 Å². The molecule has 0 radical (unpaired) electrons. The molecular formula is C54H40N2. The summed E-state index contributed by atoms with van der Waals surface area (Å²) in [5.74, 6) is 0.188. The summed E-state index contributed by atoms with van der Waals surface area (Å²) < 4.78 is 2.47. The summed E-state index contributed by atoms with van der Waals surface area (Å²) in [5, 5.41) is 13.1. The van der Waals surface area contributed by atoms with Crippen LogP contribution >= 0.6 is 0 Å². The molecule has 0 aliphatic carbocycles. The first kappa shape index (κ1) is 32.5. The fraction of sp³-hybridized carbons (Fsp3) is 0.0741. The van der Waals surface area contributed by atoms with Crippen LogP contribution in [0, 0.1) is 0 Å². The van der Waals surface area contributed by atoms with Gasteiger partial charge in [0, 0.05) is 51.0 Å². The van der Waals surface area contributed by atoms with Crippen LogP contribution in [0.4, 0.5) is 17.1 Å². The highest BCUT2D eigenvalue weighted by Crippen LogP contribution is 2.43. The highest BCUT2D eigenvalue weighted by atomic mass is 15.1. The van der Waals surface area contributed by atoms with Gasteiger partial charge in [-0.1, -0.05) is 146 Å². The van der Waals surface area contributed by atoms with Gasteiger partial charge in [-0.25, -0.2) is 0 Å². The lowest BCUT2D eigenvalue weighted by Gasteiger charge is -2.27. The lowest BCUT2D eigenvalue weighted by Crippen LogP contribution is -2.10. The third-order valence-electron chi connectivity index (χ3n) is 12.1. The lowest BCUT2D eigenvalue weighted by atomic mass is 9.81. The zero-order valence-corrected chi connectivity index (χ0v) is 31.4. The van der Waals surface area contributed by atoms with E-state index >= 15 is 0 Å². The summed E-state index contributed by atoms with van der Waals surface area (Å²) in [6, 6.07) is 72.1. The van der Waals surface area contributed by atoms with Gasteiger partial charge in [0.1, 0.15) is 0 Å². The van der Waals surface area contributed by atoms with Crippen LogP contribution in [0.3, 0.4) is 0 Å². The van der Waals surface area contributed by atoms with Crippen molar-refractivity contribution in [2.24, 2.45) is 0 Å². The third-order valence-corrected chi connectivity index (χ3v) is 12.1. The molecular weight excluding hydrogens is 677 g/mol. The first-order valence-electron chi connectivity index (χ1n) is 19.8. The molecule has 11 aromatic rings. The molecule has 0 bridgehead atoms. The molecule has 0 N–H and O–H groups in total. The van der Waals surface area contributed by atoms with E-state index in [0.29, 0.717) is 0 Å². The summed E-state index contributed by atoms with van der Waals surface area (Å²) in [6.07, 6.45) is 0.897. The molecule has 2 nitrogen and oxygen atoms in total. The Morgan fingerprint density at radius 3 is 1.88 bits per heavy atom. The first-order chi connectivity index (χ1) is 27.7. The van der Waals surface area contributed by atoms with Gasteiger partial charge < -0.3 is 9.47 Å². The van der Waals surface area contributed by atoms with Crippen LogP contribution in [0.1, 0.15) is 29.5 Å². The summed E-state index contributed by atoms with van der Waals surface area (Å²) in [7, 11) is 0. The molecule has 1 atom stereocenters. The van der Waals surface area contributed by atoms with Crippen LogP contribution < -0.4 is 4.90 Å². The summed E-state index contributed by atoms with van der Waals surface area (Å²) >= 11 is 0. The largest absolute Gasteiger partial charge is 0.341 e. The third kappa shape index (κ3) is 5.17. The van der Waals surface area contributed by atoms with E-state index in [2.05, 4.69) is 211 Å². The lowest BCUT2D eigenvalue weighted by molar-refractivity contribution is 0.811. The van der Waals surface area contributed by atoms with Gasteiger partial charge in [0.2, 0.25) is 0 Å². The Morgan fingerprint density at radius 2 is 1.07 bits per heavy atom. The number of fused-ring (bicyclic) bond motifs is 4. The van der Waals surface area contributed by atoms with E-state index < -0.39 is 0 Å². The van der Waals surface area contributed by atoms with Crippen molar-refractivity contribution in [3.8, 4) is 0 Å². The van der Waals surface area contributed by atoms with Crippen molar-refractivity contribution in [1.82, 2.24) is 4.57 Å². The second-order valence-corrected chi connectivity index (χ2v) is 15.1. The zero-order valence-electron chi connectivity index (χ0n) is 31.4. The maximum Gasteiger partial charge on any atom is 0.0540 e. The first-order valence-corrected chi connectivity index (χ1v) is 19.8. The molecule has 1 aromatic heterocycles. The molecule has 0 saturated heterocycles. The Hall–Kier alpha value is -6.90. The standard InChI is InChI=1S/C54H40N2/c1-2-55-50-31-23-36(33-47(38-13-5-3-6-14-38)45-29-26-41-25-24-39-17-11-18-40-27-30-46(45)54(41)53(39)40)34-48(50)49-35-43(28-32-51(49)55)56(42-19-7-4-8-20-42)52-22-12-16-37-15-9-10-21-44(37)52/h3-32,34-35,47H,2,33H2,1H3. The summed E-state index contributed by atoms with van der Waals surface area (Å²) in [6.45, 7) is 3.16. The van der Waals surface area contributed by atoms with Crippen molar-refractivity contribution in [2.45, 2.75) is 25.8 Å². The topological polar surface area (TPSA) is 8.17 Å². The van der Waals surface area contributed by atoms with Gasteiger partial charge >= 0.3 is 0 Å². The zero-order chi connectivity index (χ0) is 37.2. The molecule has 0 aliphatic rings. The Bertz CT molecular complexity index is 3190. The van der Waals surface area contributed by atoms with Gasteiger partial charge in [0.15, 0.2) is 0 Å². The van der Waals surface area contributed by atoms with E-state index in [4.69, 9.17) is 0 Å². The molecule has 10 aromatic carbocycles. The number of hydrogen-bond donors (Lipinski definition) is 0. The molecule has 0 fully saturated rings. The highest BCUT2D eigenvalue weighted by molar-refractivity contribution is 6.23. The Kier molecular flexibility index (Phi) is 7.63. The molecule has 0 saturated carbocycles. The molecule has 56 heavy (non-hydrogen) atoms. The van der Waals surface area contributed by atoms with E-state index in [9.17, 15) is 0 Å². The summed E-state index contributed by atoms with van der Waals surface area (Å²) in [4.78, 5) is 2.42. The van der Waals surface area contributed by atoms with Gasteiger partial charge in [0.05, 0.1) is 5.69 Å². The number of para-hydroxylation sites is 1. The van der Waals surface area contributed by atoms with Gasteiger partial charge in [-0.3, -0.25) is 0 Å². The maximum absolute atomic E-state index is 2.48. The predicted molar refractivity (Wildman–Crippen MR) is 239 cm³/mol. The SMILES string of the molecule is CCn1c2ccc(CC(c3ccccc3)c3ccc4ccc5cccc6ccc3c4c56)cc2c2cc(N(c3ccccc3)c3cccc4ccccc34)ccc21. The average molecular weight is 717 g/mol. The van der Waals surface area contributed by atoms with Crippen molar-refractivity contribution in [2.75, 3.05) is 4.90 Å². The second-order valence-electron chi connectivity index (χ2n) is 15.1. The van der Waals surface area contributed by atoms with E-state index in [1.807, 2.05) is 0 Å². The minimum Gasteiger partial charge on any atom is -0.341 e. The molecule has 266 valence electrons. The van der Waals surface area contributed by atoms with Crippen LogP contribution in [0.15, 0.2) is 194 Å². The number of aryl methyl sites for hydroxylation is 1. The Labute approximate surface area is 326 Å². The van der Waals surface area contributed by atoms with Crippen LogP contribution in [-0.2, 0) is 13.0 Å². The molecule has 1 unspecified atom stereocenters. The normalized spacial score (nSPS) is 12.4. The molecule has 2 heteroatoms. The van der Waals surface area contributed by atoms with Crippen LogP contribution in [-0.4, -0.2) is 4.57 Å². The van der Waals surface area contributed by atoms with E-state index in [1.54, 1.807) is 0 Å². The van der Waals surface area contributed by atoms with Gasteiger partial charge in [0.25, 0.3) is 0 Å². The summed E-state index contributed by atoms with van der Waals surface area (Å²) in [5.41, 5.74) is 10.1. The Morgan fingerprint density at radius 1 is 0.446 bits per heavy atom. The van der Waals surface area contributed by atoms with Crippen LogP contribution in [0.5, 0.6) is 0 Å². The van der Waals surface area contributed by atoms with Gasteiger partial charge in [-0.05, 0) is 116 Å². The van der Waals surface area contributed by atoms with Crippen LogP contribution in [0.25, 0.3) is 64.9 Å². The monoisotopic (exact) mass is 716 g/mol. The minimum atomic E-state index is 0.188. The fourth-order valence-corrected chi connectivity index (χ4v) is 9.54. The smallest absolute Gasteiger partial charge is 0.0540 e. The molecule has 0 aliphatic heterocycles. The van der Waals surface area contributed by atoms with E-state index in [-0.39, 0.29) is 5.92 Å². The van der Waals surface area contributed by atoms with E-state index in [1.165, 1.54) is 87.3 Å². The minimum absolute atomic E-state index is 0.188. The number of anilines is 3. The molecule has 11 rings (SSSR count). The highest BCUT2D eigenvalue weighted by Gasteiger charge is 2.22. The van der Waals surface area contributed by atoms with Crippen molar-refractivity contribution in [3.05, 3.63) is 211 Å². The molecule has 0 spiro atoms. The second kappa shape index (κ2) is 13.1. The average Bonchev–Trinajstić information content (AvgIpc) is 3.58. The number of benzene rings is 10. The number of rotatable bonds is 8. The van der Waals surface area contributed by atoms with Crippen molar-refractivity contribution >= 4 is 82.0 Å². The van der Waals surface area contributed by atoms with Crippen molar-refractivity contribution < 1.29 is 0 Å². The van der Waals surface area contributed by atoms with E-state index in [0.717, 1.165) is 24.3 Å². The van der Waals surface area contributed by atoms with Gasteiger partial charge in [-0.2, -0.15) is 0 Å². The Balaban J connectivity index is 1.08. The number of nitrogens with zero attached hydrogens (tertiary/aromatic N) is 2. The van der Waals surface area contributed by atoms with Crippen molar-refractivity contribution in [1.29, 1.82) is 0 Å². The number of hydrogen-bond acceptors (Lipinski definition) is 1. The van der Waals surface area contributed by atoms with Gasteiger partial charge in [-0.15, -0.1) is 0 Å². The maximum atomic E-state index is 2.48. The molecule has 0 amide bonds. The molecule has 1 heterocycles. The number of aromatic nitrogens is 1.